The van der Waals surface area contributed by atoms with Crippen LogP contribution in [0.2, 0.25) is 58.9 Å². The van der Waals surface area contributed by atoms with E-state index in [4.69, 9.17) is 14.0 Å². The Morgan fingerprint density at radius 1 is 0.524 bits per heavy atom. The van der Waals surface area contributed by atoms with Crippen LogP contribution in [0.3, 0.4) is 0 Å². The van der Waals surface area contributed by atoms with Crippen LogP contribution >= 0.6 is 0 Å². The molecule has 0 unspecified atom stereocenters. The van der Waals surface area contributed by atoms with Gasteiger partial charge in [-0.2, -0.15) is 0 Å². The first kappa shape index (κ1) is 24.7. The summed E-state index contributed by atoms with van der Waals surface area (Å²) in [4.78, 5) is 0. The van der Waals surface area contributed by atoms with Crippen LogP contribution in [-0.2, 0) is 14.0 Å². The molecule has 0 amide bonds. The SMILES string of the molecule is CO[B-](OC)(OC)[Si]([Si](C)(C)C)([Si](C)(C)C)[Si](C)(C)C.[Li+]. The van der Waals surface area contributed by atoms with E-state index in [0.717, 1.165) is 0 Å². The third-order valence-corrected chi connectivity index (χ3v) is 78.9. The largest absolute Gasteiger partial charge is 1.00 e. The fourth-order valence-corrected chi connectivity index (χ4v) is 111. The number of hydrogen-bond acceptors (Lipinski definition) is 3. The van der Waals surface area contributed by atoms with E-state index in [0.29, 0.717) is 0 Å². The molecule has 0 aliphatic heterocycles. The Hall–Kier alpha value is 1.41. The molecule has 0 fully saturated rings. The minimum Gasteiger partial charge on any atom is -0.550 e. The van der Waals surface area contributed by atoms with Gasteiger partial charge in [0.1, 0.15) is 0 Å². The van der Waals surface area contributed by atoms with Crippen molar-refractivity contribution >= 4 is 35.6 Å². The minimum atomic E-state index is -1.87. The van der Waals surface area contributed by atoms with Crippen molar-refractivity contribution in [3.05, 3.63) is 0 Å². The molecule has 0 radical (unpaired) electrons. The summed E-state index contributed by atoms with van der Waals surface area (Å²) < 4.78 is 18.2. The van der Waals surface area contributed by atoms with Gasteiger partial charge in [-0.05, 0) is 21.3 Å². The fraction of sp³-hybridized carbons (Fsp3) is 1.00. The van der Waals surface area contributed by atoms with Crippen molar-refractivity contribution in [2.24, 2.45) is 0 Å². The van der Waals surface area contributed by atoms with Gasteiger partial charge in [0.2, 0.25) is 0 Å². The quantitative estimate of drug-likeness (QED) is 0.626. The van der Waals surface area contributed by atoms with E-state index in [-0.39, 0.29) is 18.9 Å². The summed E-state index contributed by atoms with van der Waals surface area (Å²) in [5.41, 5.74) is 0. The molecule has 0 saturated carbocycles. The first-order chi connectivity index (χ1) is 8.68. The van der Waals surface area contributed by atoms with Crippen molar-refractivity contribution in [3.63, 3.8) is 0 Å². The van der Waals surface area contributed by atoms with Crippen molar-refractivity contribution in [1.82, 2.24) is 0 Å². The summed E-state index contributed by atoms with van der Waals surface area (Å²) in [5.74, 6) is 0. The molecule has 0 aromatic carbocycles. The van der Waals surface area contributed by atoms with E-state index in [9.17, 15) is 0 Å². The predicted molar refractivity (Wildman–Crippen MR) is 103 cm³/mol. The molecular weight excluding hydrogens is 322 g/mol. The van der Waals surface area contributed by atoms with Gasteiger partial charge in [-0.25, -0.2) is 0 Å². The molecule has 0 bridgehead atoms. The summed E-state index contributed by atoms with van der Waals surface area (Å²) in [6, 6.07) is 0. The average Bonchev–Trinajstić information content (AvgIpc) is 2.19. The van der Waals surface area contributed by atoms with Gasteiger partial charge in [-0.1, -0.05) is 58.9 Å². The first-order valence-corrected chi connectivity index (χ1v) is 23.0. The normalized spacial score (nSPS) is 14.9. The van der Waals surface area contributed by atoms with Crippen LogP contribution in [0, 0.1) is 0 Å². The third-order valence-electron chi connectivity index (χ3n) is 5.01. The van der Waals surface area contributed by atoms with Crippen LogP contribution < -0.4 is 18.9 Å². The Bertz CT molecular complexity index is 289. The molecule has 0 saturated heterocycles. The molecular formula is C12H36BLiO3Si4. The van der Waals surface area contributed by atoms with Gasteiger partial charge < -0.3 is 14.0 Å². The van der Waals surface area contributed by atoms with Crippen molar-refractivity contribution < 1.29 is 32.8 Å². The van der Waals surface area contributed by atoms with Crippen LogP contribution in [0.1, 0.15) is 0 Å². The number of hydrogen-bond donors (Lipinski definition) is 0. The molecule has 9 heteroatoms. The minimum absolute atomic E-state index is 0. The molecule has 0 N–H and O–H groups in total. The first-order valence-electron chi connectivity index (χ1n) is 7.47. The molecule has 0 aromatic rings. The Kier molecular flexibility index (Phi) is 8.84. The zero-order valence-electron chi connectivity index (χ0n) is 16.8. The molecule has 0 rings (SSSR count). The second-order valence-electron chi connectivity index (χ2n) is 8.91. The van der Waals surface area contributed by atoms with Crippen molar-refractivity contribution in [3.8, 4) is 0 Å². The fourth-order valence-electron chi connectivity index (χ4n) is 5.78. The van der Waals surface area contributed by atoms with E-state index in [1.165, 1.54) is 0 Å². The Morgan fingerprint density at radius 2 is 0.714 bits per heavy atom. The van der Waals surface area contributed by atoms with E-state index < -0.39 is 35.6 Å². The van der Waals surface area contributed by atoms with Crippen LogP contribution in [0.25, 0.3) is 0 Å². The van der Waals surface area contributed by atoms with E-state index in [1.807, 2.05) is 0 Å². The average molecular weight is 359 g/mol. The molecule has 0 atom stereocenters. The van der Waals surface area contributed by atoms with Crippen LogP contribution in [0.5, 0.6) is 0 Å². The molecule has 0 aliphatic rings. The van der Waals surface area contributed by atoms with Gasteiger partial charge in [0.15, 0.2) is 0 Å². The third kappa shape index (κ3) is 3.74. The molecule has 0 spiro atoms. The topological polar surface area (TPSA) is 27.7 Å². The maximum absolute atomic E-state index is 6.07. The van der Waals surface area contributed by atoms with Crippen molar-refractivity contribution in [2.75, 3.05) is 21.3 Å². The van der Waals surface area contributed by atoms with Gasteiger partial charge >= 0.3 is 25.2 Å². The Balaban J connectivity index is 0. The zero-order valence-corrected chi connectivity index (χ0v) is 20.8. The van der Waals surface area contributed by atoms with E-state index in [2.05, 4.69) is 58.9 Å². The Morgan fingerprint density at radius 3 is 0.762 bits per heavy atom. The smallest absolute Gasteiger partial charge is 0.550 e. The second-order valence-corrected chi connectivity index (χ2v) is 49.8. The van der Waals surface area contributed by atoms with Crippen molar-refractivity contribution in [1.29, 1.82) is 0 Å². The van der Waals surface area contributed by atoms with Crippen LogP contribution in [0.4, 0.5) is 0 Å². The number of rotatable bonds is 7. The Labute approximate surface area is 148 Å². The van der Waals surface area contributed by atoms with Gasteiger partial charge in [0.05, 0.1) is 0 Å². The maximum Gasteiger partial charge on any atom is 1.00 e. The van der Waals surface area contributed by atoms with Gasteiger partial charge in [0.25, 0.3) is 0 Å². The van der Waals surface area contributed by atoms with Gasteiger partial charge in [0, 0.05) is 29.3 Å². The molecule has 122 valence electrons. The zero-order chi connectivity index (χ0) is 16.6. The summed E-state index contributed by atoms with van der Waals surface area (Å²) in [7, 11) is 0.888. The summed E-state index contributed by atoms with van der Waals surface area (Å²) in [6.07, 6.45) is -1.59. The molecule has 0 aliphatic carbocycles. The monoisotopic (exact) mass is 358 g/mol. The van der Waals surface area contributed by atoms with Gasteiger partial charge in [-0.3, -0.25) is 0 Å². The second kappa shape index (κ2) is 7.53. The standard InChI is InChI=1S/C12H36BO3Si4.Li/c1-14-13(15-2,16-3)20(17(4,5)6,18(7,8)9)19(10,11)12;/h1-12H3;/q-1;+1. The van der Waals surface area contributed by atoms with E-state index in [1.54, 1.807) is 21.3 Å². The molecule has 3 nitrogen and oxygen atoms in total. The summed E-state index contributed by atoms with van der Waals surface area (Å²) >= 11 is 0. The van der Waals surface area contributed by atoms with E-state index >= 15 is 0 Å². The summed E-state index contributed by atoms with van der Waals surface area (Å²) in [6.45, 7) is 20.8. The molecule has 21 heavy (non-hydrogen) atoms. The molecule has 0 aromatic heterocycles. The predicted octanol–water partition coefficient (Wildman–Crippen LogP) is 0.646. The maximum atomic E-state index is 6.07. The van der Waals surface area contributed by atoms with Crippen LogP contribution in [-0.4, -0.2) is 56.9 Å². The van der Waals surface area contributed by atoms with Crippen molar-refractivity contribution in [2.45, 2.75) is 58.9 Å². The van der Waals surface area contributed by atoms with Gasteiger partial charge in [-0.15, -0.1) is 0 Å². The van der Waals surface area contributed by atoms with Crippen LogP contribution in [0.15, 0.2) is 0 Å². The summed E-state index contributed by atoms with van der Waals surface area (Å²) in [5, 5.41) is 0. The molecule has 0 heterocycles.